The highest BCUT2D eigenvalue weighted by molar-refractivity contribution is 8.15. The number of hydroxylamine groups is 2. The third kappa shape index (κ3) is 3.05. The molecule has 8 nitrogen and oxygen atoms in total. The summed E-state index contributed by atoms with van der Waals surface area (Å²) in [6, 6.07) is 0.926. The summed E-state index contributed by atoms with van der Waals surface area (Å²) in [5, 5.41) is 21.0. The number of carbonyl (C=O) groups is 2. The SMILES string of the molecule is CC1(C(O)ON2C(=O)CCC2=O)CSC(c2nc3cc(F)c(O)c(F)c3s2)=N1. The number of halogens is 2. The fraction of sp³-hybridized carbons (Fsp3) is 0.375. The molecule has 2 aromatic rings. The van der Waals surface area contributed by atoms with Crippen LogP contribution in [0.5, 0.6) is 5.75 Å². The number of aliphatic hydroxyl groups is 1. The Morgan fingerprint density at radius 3 is 2.68 bits per heavy atom. The van der Waals surface area contributed by atoms with Crippen molar-refractivity contribution in [3.8, 4) is 5.75 Å². The quantitative estimate of drug-likeness (QED) is 0.564. The molecule has 0 bridgehead atoms. The van der Waals surface area contributed by atoms with Gasteiger partial charge in [0.15, 0.2) is 17.4 Å². The van der Waals surface area contributed by atoms with E-state index in [0.29, 0.717) is 10.1 Å². The fourth-order valence-corrected chi connectivity index (χ4v) is 4.96. The van der Waals surface area contributed by atoms with Crippen LogP contribution in [-0.2, 0) is 14.4 Å². The van der Waals surface area contributed by atoms with E-state index in [1.54, 1.807) is 6.92 Å². The van der Waals surface area contributed by atoms with Crippen molar-refractivity contribution >= 4 is 50.2 Å². The summed E-state index contributed by atoms with van der Waals surface area (Å²) in [7, 11) is 0. The lowest BCUT2D eigenvalue weighted by molar-refractivity contribution is -0.257. The van der Waals surface area contributed by atoms with Crippen LogP contribution >= 0.6 is 23.1 Å². The number of phenolic OH excluding ortho intramolecular Hbond substituents is 1. The highest BCUT2D eigenvalue weighted by Crippen LogP contribution is 2.38. The van der Waals surface area contributed by atoms with Crippen molar-refractivity contribution < 1.29 is 33.4 Å². The molecule has 2 atom stereocenters. The Hall–Kier alpha value is -2.15. The van der Waals surface area contributed by atoms with Crippen molar-refractivity contribution in [1.82, 2.24) is 10.0 Å². The molecule has 2 amide bonds. The topological polar surface area (TPSA) is 112 Å². The number of aliphatic imine (C=N–C) groups is 1. The molecule has 1 aromatic heterocycles. The number of hydrogen-bond donors (Lipinski definition) is 2. The predicted molar refractivity (Wildman–Crippen MR) is 96.8 cm³/mol. The van der Waals surface area contributed by atoms with Gasteiger partial charge in [0, 0.05) is 24.7 Å². The summed E-state index contributed by atoms with van der Waals surface area (Å²) in [4.78, 5) is 36.9. The number of amides is 2. The van der Waals surface area contributed by atoms with Crippen LogP contribution in [0.1, 0.15) is 24.8 Å². The zero-order valence-corrected chi connectivity index (χ0v) is 15.9. The first-order chi connectivity index (χ1) is 13.2. The maximum Gasteiger partial charge on any atom is 0.254 e. The van der Waals surface area contributed by atoms with Crippen LogP contribution in [0.15, 0.2) is 11.1 Å². The van der Waals surface area contributed by atoms with Gasteiger partial charge in [-0.3, -0.25) is 14.6 Å². The third-order valence-electron chi connectivity index (χ3n) is 4.33. The van der Waals surface area contributed by atoms with Gasteiger partial charge in [-0.1, -0.05) is 0 Å². The average Bonchev–Trinajstić information content (AvgIpc) is 3.34. The molecule has 0 spiro atoms. The number of benzene rings is 1. The van der Waals surface area contributed by atoms with Crippen molar-refractivity contribution in [3.63, 3.8) is 0 Å². The van der Waals surface area contributed by atoms with Gasteiger partial charge in [-0.15, -0.1) is 23.1 Å². The van der Waals surface area contributed by atoms with Crippen LogP contribution in [0, 0.1) is 11.6 Å². The van der Waals surface area contributed by atoms with Gasteiger partial charge in [-0.05, 0) is 6.92 Å². The molecule has 1 fully saturated rings. The zero-order chi connectivity index (χ0) is 20.2. The van der Waals surface area contributed by atoms with Crippen molar-refractivity contribution in [2.45, 2.75) is 31.6 Å². The second-order valence-electron chi connectivity index (χ2n) is 6.49. The van der Waals surface area contributed by atoms with E-state index in [-0.39, 0.29) is 33.8 Å². The number of nitrogens with zero attached hydrogens (tertiary/aromatic N) is 3. The number of carbonyl (C=O) groups excluding carboxylic acids is 2. The fourth-order valence-electron chi connectivity index (χ4n) is 2.71. The molecule has 1 aromatic carbocycles. The monoisotopic (exact) mass is 429 g/mol. The van der Waals surface area contributed by atoms with E-state index in [1.807, 2.05) is 0 Å². The van der Waals surface area contributed by atoms with Crippen LogP contribution in [0.2, 0.25) is 0 Å². The molecular weight excluding hydrogens is 416 g/mol. The number of aromatic hydroxyl groups is 1. The van der Waals surface area contributed by atoms with Crippen LogP contribution in [0.4, 0.5) is 8.78 Å². The highest BCUT2D eigenvalue weighted by Gasteiger charge is 2.43. The molecule has 2 unspecified atom stereocenters. The molecule has 0 radical (unpaired) electrons. The van der Waals surface area contributed by atoms with Crippen LogP contribution in [0.25, 0.3) is 10.2 Å². The number of rotatable bonds is 4. The molecule has 2 N–H and O–H groups in total. The number of aliphatic hydroxyl groups excluding tert-OH is 1. The van der Waals surface area contributed by atoms with Crippen LogP contribution < -0.4 is 0 Å². The Morgan fingerprint density at radius 1 is 1.32 bits per heavy atom. The molecular formula is C16H13F2N3O5S2. The summed E-state index contributed by atoms with van der Waals surface area (Å²) in [6.45, 7) is 1.57. The number of fused-ring (bicyclic) bond motifs is 1. The molecule has 12 heteroatoms. The Kier molecular flexibility index (Phi) is 4.61. The van der Waals surface area contributed by atoms with E-state index >= 15 is 0 Å². The summed E-state index contributed by atoms with van der Waals surface area (Å²) < 4.78 is 27.5. The normalized spacial score (nSPS) is 23.7. The number of thioether (sulfide) groups is 1. The first-order valence-corrected chi connectivity index (χ1v) is 9.91. The van der Waals surface area contributed by atoms with Crippen molar-refractivity contribution in [3.05, 3.63) is 22.7 Å². The first kappa shape index (κ1) is 19.2. The first-order valence-electron chi connectivity index (χ1n) is 8.11. The Bertz CT molecular complexity index is 1030. The summed E-state index contributed by atoms with van der Waals surface area (Å²) in [5.41, 5.74) is -1.15. The number of phenols is 1. The van der Waals surface area contributed by atoms with E-state index < -0.39 is 41.0 Å². The molecule has 0 saturated carbocycles. The summed E-state index contributed by atoms with van der Waals surface area (Å²) >= 11 is 2.10. The second-order valence-corrected chi connectivity index (χ2v) is 8.45. The smallest absolute Gasteiger partial charge is 0.254 e. The molecule has 1 saturated heterocycles. The van der Waals surface area contributed by atoms with Crippen molar-refractivity contribution in [1.29, 1.82) is 0 Å². The molecule has 4 rings (SSSR count). The van der Waals surface area contributed by atoms with Crippen LogP contribution in [-0.4, -0.2) is 54.7 Å². The largest absolute Gasteiger partial charge is 0.503 e. The summed E-state index contributed by atoms with van der Waals surface area (Å²) in [6.07, 6.45) is -1.53. The van der Waals surface area contributed by atoms with E-state index in [4.69, 9.17) is 4.84 Å². The van der Waals surface area contributed by atoms with Gasteiger partial charge in [0.25, 0.3) is 11.8 Å². The van der Waals surface area contributed by atoms with Gasteiger partial charge in [0.2, 0.25) is 6.29 Å². The molecule has 28 heavy (non-hydrogen) atoms. The molecule has 3 heterocycles. The van der Waals surface area contributed by atoms with E-state index in [2.05, 4.69) is 9.98 Å². The van der Waals surface area contributed by atoms with Gasteiger partial charge in [0.05, 0.1) is 10.2 Å². The van der Waals surface area contributed by atoms with Crippen molar-refractivity contribution in [2.24, 2.45) is 4.99 Å². The number of aromatic nitrogens is 1. The summed E-state index contributed by atoms with van der Waals surface area (Å²) in [5.74, 6) is -4.11. The van der Waals surface area contributed by atoms with Gasteiger partial charge in [0.1, 0.15) is 15.6 Å². The minimum absolute atomic E-state index is 0.0177. The van der Waals surface area contributed by atoms with E-state index in [9.17, 15) is 28.6 Å². The maximum atomic E-state index is 14.0. The number of hydrogen-bond acceptors (Lipinski definition) is 9. The number of imide groups is 1. The lowest BCUT2D eigenvalue weighted by Gasteiger charge is -2.28. The van der Waals surface area contributed by atoms with Gasteiger partial charge >= 0.3 is 0 Å². The lowest BCUT2D eigenvalue weighted by atomic mass is 10.1. The second kappa shape index (κ2) is 6.72. The van der Waals surface area contributed by atoms with Gasteiger partial charge < -0.3 is 10.2 Å². The Morgan fingerprint density at radius 2 is 2.00 bits per heavy atom. The third-order valence-corrected chi connectivity index (χ3v) is 6.82. The van der Waals surface area contributed by atoms with Gasteiger partial charge in [-0.2, -0.15) is 5.06 Å². The Labute approximate surface area is 164 Å². The molecule has 148 valence electrons. The minimum atomic E-state index is -1.57. The molecule has 2 aliphatic rings. The maximum absolute atomic E-state index is 14.0. The minimum Gasteiger partial charge on any atom is -0.503 e. The highest BCUT2D eigenvalue weighted by atomic mass is 32.2. The molecule has 0 aliphatic carbocycles. The standard InChI is InChI=1S/C16H13F2N3O5S2/c1-16(15(25)26-21-8(22)2-3-9(21)23)5-27-14(20-16)13-19-7-4-6(17)11(24)10(18)12(7)28-13/h4,15,24-25H,2-3,5H2,1H3. The Balaban J connectivity index is 1.61. The zero-order valence-electron chi connectivity index (χ0n) is 14.3. The molecule has 2 aliphatic heterocycles. The van der Waals surface area contributed by atoms with Crippen molar-refractivity contribution in [2.75, 3.05) is 5.75 Å². The van der Waals surface area contributed by atoms with Crippen LogP contribution in [0.3, 0.4) is 0 Å². The predicted octanol–water partition coefficient (Wildman–Crippen LogP) is 1.93. The van der Waals surface area contributed by atoms with Gasteiger partial charge in [-0.25, -0.2) is 18.6 Å². The average molecular weight is 429 g/mol. The van der Waals surface area contributed by atoms with E-state index in [1.165, 1.54) is 11.8 Å². The number of thiazole rings is 1. The van der Waals surface area contributed by atoms with E-state index in [0.717, 1.165) is 17.4 Å². The lowest BCUT2D eigenvalue weighted by Crippen LogP contribution is -2.46.